The van der Waals surface area contributed by atoms with E-state index < -0.39 is 61.6 Å². The number of carbonyl (C=O) groups excluding carboxylic acids is 2. The van der Waals surface area contributed by atoms with Crippen LogP contribution >= 0.6 is 0 Å². The number of ether oxygens (including phenoxy) is 4. The summed E-state index contributed by atoms with van der Waals surface area (Å²) in [5, 5.41) is -0.229. The van der Waals surface area contributed by atoms with E-state index in [4.69, 9.17) is 23.4 Å². The molecular formula is C31H36N2O9Si. The van der Waals surface area contributed by atoms with Gasteiger partial charge in [-0.25, -0.2) is 14.4 Å². The third-order valence-corrected chi connectivity index (χ3v) is 12.9. The molecule has 228 valence electrons. The fourth-order valence-electron chi connectivity index (χ4n) is 5.03. The Morgan fingerprint density at radius 2 is 1.58 bits per heavy atom. The zero-order valence-corrected chi connectivity index (χ0v) is 25.8. The predicted octanol–water partition coefficient (Wildman–Crippen LogP) is 3.88. The molecule has 2 bridgehead atoms. The fraction of sp³-hybridized carbons (Fsp3) is 0.419. The highest BCUT2D eigenvalue weighted by molar-refractivity contribution is 6.74. The lowest BCUT2D eigenvalue weighted by atomic mass is 9.87. The van der Waals surface area contributed by atoms with Crippen LogP contribution in [0.2, 0.25) is 18.1 Å². The SMILES string of the molecule is CC(C)(C)[Si](C)(C)O[C@H]1[C@H]2C(OC(=O)c3ccccc3)OC[C@]1(COC(=O)c1ccccc1)O[C@H]2n1ccc(=O)[nH]c1=O. The van der Waals surface area contributed by atoms with E-state index in [1.807, 2.05) is 0 Å². The van der Waals surface area contributed by atoms with Crippen LogP contribution in [-0.4, -0.2) is 61.0 Å². The Morgan fingerprint density at radius 1 is 0.977 bits per heavy atom. The fourth-order valence-corrected chi connectivity index (χ4v) is 6.39. The number of hydrogen-bond donors (Lipinski definition) is 1. The highest BCUT2D eigenvalue weighted by Gasteiger charge is 2.66. The first-order valence-electron chi connectivity index (χ1n) is 14.1. The maximum absolute atomic E-state index is 13.2. The third-order valence-electron chi connectivity index (χ3n) is 8.40. The highest BCUT2D eigenvalue weighted by Crippen LogP contribution is 2.52. The van der Waals surface area contributed by atoms with Crippen LogP contribution in [0.15, 0.2) is 82.5 Å². The van der Waals surface area contributed by atoms with Gasteiger partial charge >= 0.3 is 17.6 Å². The molecule has 3 aromatic rings. The van der Waals surface area contributed by atoms with Crippen LogP contribution in [0.1, 0.15) is 47.7 Å². The number of nitrogens with one attached hydrogen (secondary N) is 1. The molecule has 0 radical (unpaired) electrons. The summed E-state index contributed by atoms with van der Waals surface area (Å²) in [5.74, 6) is -2.06. The molecule has 2 fully saturated rings. The number of fused-ring (bicyclic) bond motifs is 2. The second-order valence-electron chi connectivity index (χ2n) is 12.4. The zero-order chi connectivity index (χ0) is 31.0. The summed E-state index contributed by atoms with van der Waals surface area (Å²) in [7, 11) is -2.55. The molecule has 0 saturated carbocycles. The zero-order valence-electron chi connectivity index (χ0n) is 24.8. The van der Waals surface area contributed by atoms with Gasteiger partial charge in [-0.2, -0.15) is 0 Å². The normalized spacial score (nSPS) is 25.2. The van der Waals surface area contributed by atoms with E-state index in [1.54, 1.807) is 60.7 Å². The van der Waals surface area contributed by atoms with E-state index in [-0.39, 0.29) is 18.3 Å². The largest absolute Gasteiger partial charge is 0.459 e. The molecule has 0 spiro atoms. The van der Waals surface area contributed by atoms with Gasteiger partial charge in [0.15, 0.2) is 20.1 Å². The van der Waals surface area contributed by atoms with Gasteiger partial charge in [0.05, 0.1) is 29.8 Å². The van der Waals surface area contributed by atoms with Gasteiger partial charge < -0.3 is 23.4 Å². The Balaban J connectivity index is 1.57. The number of aromatic amines is 1. The minimum atomic E-state index is -2.55. The number of aromatic nitrogens is 2. The van der Waals surface area contributed by atoms with Gasteiger partial charge in [0.1, 0.15) is 6.61 Å². The standard InChI is InChI=1S/C31H36N2O9Si/c1-30(2,3)43(4,5)42-24-23-25(33-17-16-22(34)32-29(33)37)41-31(24,18-38-26(35)20-12-8-6-9-13-20)19-39-28(23)40-27(36)21-14-10-7-11-15-21/h6-17,23-25,28H,18-19H2,1-5H3,(H,32,34,37)/t23-,24+,25-,28?,31+/m1/s1. The second-order valence-corrected chi connectivity index (χ2v) is 17.1. The lowest BCUT2D eigenvalue weighted by Gasteiger charge is -2.47. The van der Waals surface area contributed by atoms with Crippen molar-refractivity contribution >= 4 is 20.3 Å². The minimum absolute atomic E-state index is 0.161. The topological polar surface area (TPSA) is 135 Å². The van der Waals surface area contributed by atoms with Crippen molar-refractivity contribution in [1.29, 1.82) is 0 Å². The van der Waals surface area contributed by atoms with E-state index in [2.05, 4.69) is 38.8 Å². The van der Waals surface area contributed by atoms with Gasteiger partial charge in [0, 0.05) is 12.3 Å². The van der Waals surface area contributed by atoms with E-state index >= 15 is 0 Å². The Kier molecular flexibility index (Phi) is 8.31. The molecule has 2 aliphatic heterocycles. The summed E-state index contributed by atoms with van der Waals surface area (Å²) >= 11 is 0. The summed E-state index contributed by atoms with van der Waals surface area (Å²) in [6.07, 6.45) is -1.78. The summed E-state index contributed by atoms with van der Waals surface area (Å²) in [4.78, 5) is 53.4. The van der Waals surface area contributed by atoms with Crippen molar-refractivity contribution in [2.45, 2.75) is 63.1 Å². The van der Waals surface area contributed by atoms with Crippen LogP contribution < -0.4 is 11.2 Å². The van der Waals surface area contributed by atoms with Crippen molar-refractivity contribution in [3.63, 3.8) is 0 Å². The summed E-state index contributed by atoms with van der Waals surface area (Å²) in [5.41, 5.74) is -1.99. The van der Waals surface area contributed by atoms with Crippen LogP contribution in [-0.2, 0) is 23.4 Å². The number of benzene rings is 2. The number of hydrogen-bond acceptors (Lipinski definition) is 9. The molecule has 11 nitrogen and oxygen atoms in total. The molecule has 1 aromatic heterocycles. The van der Waals surface area contributed by atoms with Crippen LogP contribution in [0, 0.1) is 5.92 Å². The Bertz CT molecular complexity index is 1580. The van der Waals surface area contributed by atoms with Gasteiger partial charge in [-0.3, -0.25) is 14.3 Å². The van der Waals surface area contributed by atoms with Crippen molar-refractivity contribution in [2.24, 2.45) is 5.92 Å². The van der Waals surface area contributed by atoms with Gasteiger partial charge in [-0.05, 0) is 42.4 Å². The maximum Gasteiger partial charge on any atom is 0.340 e. The van der Waals surface area contributed by atoms with Crippen molar-refractivity contribution in [2.75, 3.05) is 13.2 Å². The van der Waals surface area contributed by atoms with Gasteiger partial charge in [0.2, 0.25) is 6.29 Å². The quantitative estimate of drug-likeness (QED) is 0.299. The summed E-state index contributed by atoms with van der Waals surface area (Å²) in [6, 6.07) is 18.2. The molecule has 0 aliphatic carbocycles. The van der Waals surface area contributed by atoms with Crippen molar-refractivity contribution in [1.82, 2.24) is 9.55 Å². The predicted molar refractivity (Wildman–Crippen MR) is 158 cm³/mol. The molecule has 3 heterocycles. The third kappa shape index (κ3) is 6.14. The van der Waals surface area contributed by atoms with Gasteiger partial charge in [-0.15, -0.1) is 0 Å². The number of nitrogens with zero attached hydrogens (tertiary/aromatic N) is 1. The molecule has 43 heavy (non-hydrogen) atoms. The van der Waals surface area contributed by atoms with Gasteiger partial charge in [-0.1, -0.05) is 57.2 Å². The summed E-state index contributed by atoms with van der Waals surface area (Å²) in [6.45, 7) is 9.97. The van der Waals surface area contributed by atoms with E-state index in [0.717, 1.165) is 0 Å². The first-order chi connectivity index (χ1) is 20.3. The number of rotatable bonds is 8. The Hall–Kier alpha value is -3.84. The van der Waals surface area contributed by atoms with Crippen LogP contribution in [0.4, 0.5) is 0 Å². The molecule has 2 aliphatic rings. The van der Waals surface area contributed by atoms with E-state index in [0.29, 0.717) is 11.1 Å². The van der Waals surface area contributed by atoms with E-state index in [1.165, 1.54) is 16.8 Å². The lowest BCUT2D eigenvalue weighted by Crippen LogP contribution is -2.61. The number of esters is 2. The molecule has 2 aromatic carbocycles. The van der Waals surface area contributed by atoms with Crippen molar-refractivity contribution in [3.05, 3.63) is 105 Å². The lowest BCUT2D eigenvalue weighted by molar-refractivity contribution is -0.222. The molecule has 5 rings (SSSR count). The molecule has 1 unspecified atom stereocenters. The molecule has 1 N–H and O–H groups in total. The molecular weight excluding hydrogens is 572 g/mol. The van der Waals surface area contributed by atoms with E-state index in [9.17, 15) is 19.2 Å². The average molecular weight is 609 g/mol. The maximum atomic E-state index is 13.2. The van der Waals surface area contributed by atoms with Crippen molar-refractivity contribution < 1.29 is 33.0 Å². The number of H-pyrrole nitrogens is 1. The Morgan fingerprint density at radius 3 is 2.16 bits per heavy atom. The molecule has 2 saturated heterocycles. The first-order valence-corrected chi connectivity index (χ1v) is 17.0. The van der Waals surface area contributed by atoms with Crippen LogP contribution in [0.3, 0.4) is 0 Å². The first kappa shape index (κ1) is 30.6. The summed E-state index contributed by atoms with van der Waals surface area (Å²) < 4.78 is 32.6. The van der Waals surface area contributed by atoms with Crippen LogP contribution in [0.25, 0.3) is 0 Å². The molecule has 5 atom stereocenters. The smallest absolute Gasteiger partial charge is 0.340 e. The average Bonchev–Trinajstić information content (AvgIpc) is 3.16. The van der Waals surface area contributed by atoms with Gasteiger partial charge in [0.25, 0.3) is 5.56 Å². The van der Waals surface area contributed by atoms with Crippen molar-refractivity contribution in [3.8, 4) is 0 Å². The monoisotopic (exact) mass is 608 g/mol. The molecule has 0 amide bonds. The number of carbonyl (C=O) groups is 2. The van der Waals surface area contributed by atoms with Crippen LogP contribution in [0.5, 0.6) is 0 Å². The minimum Gasteiger partial charge on any atom is -0.459 e. The highest BCUT2D eigenvalue weighted by atomic mass is 28.4. The molecule has 12 heteroatoms. The Labute approximate surface area is 249 Å². The second kappa shape index (κ2) is 11.7.